The number of carbonyl (C=O) groups excluding carboxylic acids is 2. The SMILES string of the molecule is CCCCCCCCCC(=O)N1CCC2(CC1)NC(=O)c1cccc(C)c1N2. The molecule has 3 rings (SSSR count). The first kappa shape index (κ1) is 20.7. The lowest BCUT2D eigenvalue weighted by Crippen LogP contribution is -2.62. The summed E-state index contributed by atoms with van der Waals surface area (Å²) < 4.78 is 0. The van der Waals surface area contributed by atoms with Gasteiger partial charge in [0.05, 0.1) is 11.3 Å². The minimum absolute atomic E-state index is 0.0136. The third kappa shape index (κ3) is 4.86. The number of anilines is 1. The lowest BCUT2D eigenvalue weighted by Gasteiger charge is -2.46. The number of amides is 2. The van der Waals surface area contributed by atoms with Gasteiger partial charge in [0.2, 0.25) is 5.91 Å². The monoisotopic (exact) mass is 385 g/mol. The molecule has 0 aliphatic carbocycles. The summed E-state index contributed by atoms with van der Waals surface area (Å²) in [6.07, 6.45) is 10.7. The van der Waals surface area contributed by atoms with Crippen molar-refractivity contribution in [2.24, 2.45) is 0 Å². The van der Waals surface area contributed by atoms with E-state index in [4.69, 9.17) is 0 Å². The third-order valence-corrected chi connectivity index (χ3v) is 6.20. The molecule has 28 heavy (non-hydrogen) atoms. The minimum atomic E-state index is -0.424. The second kappa shape index (κ2) is 9.44. The van der Waals surface area contributed by atoms with Crippen LogP contribution in [0, 0.1) is 6.92 Å². The first-order valence-corrected chi connectivity index (χ1v) is 11.0. The third-order valence-electron chi connectivity index (χ3n) is 6.20. The van der Waals surface area contributed by atoms with Crippen LogP contribution >= 0.6 is 0 Å². The standard InChI is InChI=1S/C23H35N3O2/c1-3-4-5-6-7-8-9-13-20(27)26-16-14-23(15-17-26)24-21-18(2)11-10-12-19(21)22(28)25-23/h10-12,24H,3-9,13-17H2,1-2H3,(H,25,28). The zero-order valence-electron chi connectivity index (χ0n) is 17.5. The fourth-order valence-corrected chi connectivity index (χ4v) is 4.36. The van der Waals surface area contributed by atoms with Gasteiger partial charge < -0.3 is 15.5 Å². The summed E-state index contributed by atoms with van der Waals surface area (Å²) in [6.45, 7) is 5.66. The van der Waals surface area contributed by atoms with Crippen LogP contribution in [0.3, 0.4) is 0 Å². The summed E-state index contributed by atoms with van der Waals surface area (Å²) in [4.78, 5) is 27.1. The molecule has 0 unspecified atom stereocenters. The second-order valence-corrected chi connectivity index (χ2v) is 8.41. The number of likely N-dealkylation sites (tertiary alicyclic amines) is 1. The van der Waals surface area contributed by atoms with Gasteiger partial charge in [0.25, 0.3) is 5.91 Å². The largest absolute Gasteiger partial charge is 0.362 e. The molecule has 0 bridgehead atoms. The molecule has 1 fully saturated rings. The van der Waals surface area contributed by atoms with Crippen molar-refractivity contribution in [2.45, 2.75) is 83.7 Å². The number of aryl methyl sites for hydroxylation is 1. The van der Waals surface area contributed by atoms with Crippen LogP contribution < -0.4 is 10.6 Å². The van der Waals surface area contributed by atoms with E-state index in [2.05, 4.69) is 17.6 Å². The Hall–Kier alpha value is -2.04. The Balaban J connectivity index is 1.45. The second-order valence-electron chi connectivity index (χ2n) is 8.41. The van der Waals surface area contributed by atoms with Crippen LogP contribution in [0.15, 0.2) is 18.2 Å². The number of hydrogen-bond donors (Lipinski definition) is 2. The summed E-state index contributed by atoms with van der Waals surface area (Å²) in [5.41, 5.74) is 2.31. The average Bonchev–Trinajstić information content (AvgIpc) is 2.69. The number of fused-ring (bicyclic) bond motifs is 1. The van der Waals surface area contributed by atoms with Gasteiger partial charge in [0, 0.05) is 32.4 Å². The van der Waals surface area contributed by atoms with Crippen molar-refractivity contribution in [3.05, 3.63) is 29.3 Å². The number of unbranched alkanes of at least 4 members (excludes halogenated alkanes) is 6. The van der Waals surface area contributed by atoms with E-state index in [0.717, 1.165) is 36.9 Å². The molecule has 2 aliphatic rings. The van der Waals surface area contributed by atoms with Crippen LogP contribution in [0.1, 0.15) is 87.1 Å². The van der Waals surface area contributed by atoms with Crippen molar-refractivity contribution in [1.82, 2.24) is 10.2 Å². The van der Waals surface area contributed by atoms with Crippen LogP contribution in [-0.2, 0) is 4.79 Å². The molecule has 1 aromatic rings. The summed E-state index contributed by atoms with van der Waals surface area (Å²) >= 11 is 0. The van der Waals surface area contributed by atoms with E-state index in [-0.39, 0.29) is 11.8 Å². The molecule has 2 heterocycles. The number of carbonyl (C=O) groups is 2. The van der Waals surface area contributed by atoms with E-state index < -0.39 is 5.66 Å². The van der Waals surface area contributed by atoms with Gasteiger partial charge in [-0.1, -0.05) is 57.6 Å². The van der Waals surface area contributed by atoms with Gasteiger partial charge in [-0.2, -0.15) is 0 Å². The maximum atomic E-state index is 12.6. The lowest BCUT2D eigenvalue weighted by molar-refractivity contribution is -0.132. The molecule has 0 atom stereocenters. The fraction of sp³-hybridized carbons (Fsp3) is 0.652. The van der Waals surface area contributed by atoms with E-state index in [1.807, 2.05) is 30.0 Å². The lowest BCUT2D eigenvalue weighted by atomic mass is 9.91. The average molecular weight is 386 g/mol. The van der Waals surface area contributed by atoms with Crippen LogP contribution in [0.4, 0.5) is 5.69 Å². The number of piperidine rings is 1. The molecular formula is C23H35N3O2. The topological polar surface area (TPSA) is 61.4 Å². The van der Waals surface area contributed by atoms with Crippen molar-refractivity contribution in [3.63, 3.8) is 0 Å². The van der Waals surface area contributed by atoms with Crippen LogP contribution in [0.2, 0.25) is 0 Å². The Morgan fingerprint density at radius 3 is 2.43 bits per heavy atom. The van der Waals surface area contributed by atoms with E-state index in [9.17, 15) is 9.59 Å². The summed E-state index contributed by atoms with van der Waals surface area (Å²) in [5, 5.41) is 6.74. The van der Waals surface area contributed by atoms with Gasteiger partial charge in [-0.25, -0.2) is 0 Å². The van der Waals surface area contributed by atoms with Crippen molar-refractivity contribution in [2.75, 3.05) is 18.4 Å². The molecule has 154 valence electrons. The molecule has 1 spiro atoms. The van der Waals surface area contributed by atoms with Crippen LogP contribution in [-0.4, -0.2) is 35.5 Å². The zero-order chi connectivity index (χ0) is 20.0. The van der Waals surface area contributed by atoms with Crippen molar-refractivity contribution < 1.29 is 9.59 Å². The highest BCUT2D eigenvalue weighted by atomic mass is 16.2. The highest BCUT2D eigenvalue weighted by Crippen LogP contribution is 2.33. The normalized spacial score (nSPS) is 17.8. The fourth-order valence-electron chi connectivity index (χ4n) is 4.36. The van der Waals surface area contributed by atoms with Crippen LogP contribution in [0.25, 0.3) is 0 Å². The van der Waals surface area contributed by atoms with E-state index in [1.54, 1.807) is 0 Å². The summed E-state index contributed by atoms with van der Waals surface area (Å²) in [7, 11) is 0. The first-order valence-electron chi connectivity index (χ1n) is 11.0. The highest BCUT2D eigenvalue weighted by molar-refractivity contribution is 6.02. The van der Waals surface area contributed by atoms with Gasteiger partial charge in [0.15, 0.2) is 0 Å². The molecule has 5 heteroatoms. The van der Waals surface area contributed by atoms with Crippen molar-refractivity contribution >= 4 is 17.5 Å². The number of nitrogens with one attached hydrogen (secondary N) is 2. The molecule has 0 aromatic heterocycles. The van der Waals surface area contributed by atoms with Gasteiger partial charge in [-0.05, 0) is 25.0 Å². The Bertz CT molecular complexity index is 693. The molecule has 2 amide bonds. The van der Waals surface area contributed by atoms with Crippen molar-refractivity contribution in [3.8, 4) is 0 Å². The maximum Gasteiger partial charge on any atom is 0.255 e. The van der Waals surface area contributed by atoms with Gasteiger partial charge in [0.1, 0.15) is 5.66 Å². The minimum Gasteiger partial charge on any atom is -0.362 e. The van der Waals surface area contributed by atoms with E-state index >= 15 is 0 Å². The van der Waals surface area contributed by atoms with Gasteiger partial charge >= 0.3 is 0 Å². The Morgan fingerprint density at radius 2 is 1.71 bits per heavy atom. The number of hydrogen-bond acceptors (Lipinski definition) is 3. The van der Waals surface area contributed by atoms with Crippen molar-refractivity contribution in [1.29, 1.82) is 0 Å². The number of benzene rings is 1. The smallest absolute Gasteiger partial charge is 0.255 e. The molecule has 1 aromatic carbocycles. The molecule has 2 aliphatic heterocycles. The van der Waals surface area contributed by atoms with Gasteiger partial charge in [-0.15, -0.1) is 0 Å². The quantitative estimate of drug-likeness (QED) is 0.643. The Labute approximate surface area is 169 Å². The van der Waals surface area contributed by atoms with E-state index in [1.165, 1.54) is 32.1 Å². The summed E-state index contributed by atoms with van der Waals surface area (Å²) in [5.74, 6) is 0.252. The van der Waals surface area contributed by atoms with E-state index in [0.29, 0.717) is 25.1 Å². The molecule has 5 nitrogen and oxygen atoms in total. The van der Waals surface area contributed by atoms with Crippen LogP contribution in [0.5, 0.6) is 0 Å². The van der Waals surface area contributed by atoms with Gasteiger partial charge in [-0.3, -0.25) is 9.59 Å². The molecule has 0 radical (unpaired) electrons. The maximum absolute atomic E-state index is 12.6. The zero-order valence-corrected chi connectivity index (χ0v) is 17.5. The molecular weight excluding hydrogens is 350 g/mol. The number of nitrogens with zero attached hydrogens (tertiary/aromatic N) is 1. The Kier molecular flexibility index (Phi) is 6.97. The predicted molar refractivity (Wildman–Crippen MR) is 113 cm³/mol. The summed E-state index contributed by atoms with van der Waals surface area (Å²) in [6, 6.07) is 5.80. The molecule has 2 N–H and O–H groups in total. The highest BCUT2D eigenvalue weighted by Gasteiger charge is 2.41. The first-order chi connectivity index (χ1) is 13.5. The Morgan fingerprint density at radius 1 is 1.04 bits per heavy atom. The molecule has 1 saturated heterocycles. The number of para-hydroxylation sites is 1. The predicted octanol–water partition coefficient (Wildman–Crippen LogP) is 4.61. The molecule has 0 saturated carbocycles. The number of rotatable bonds is 8.